The van der Waals surface area contributed by atoms with Gasteiger partial charge in [0.1, 0.15) is 17.1 Å². The molecule has 0 fully saturated rings. The first-order valence-electron chi connectivity index (χ1n) is 6.84. The van der Waals surface area contributed by atoms with Gasteiger partial charge in [0.2, 0.25) is 0 Å². The molecule has 6 nitrogen and oxygen atoms in total. The molecule has 1 aromatic heterocycles. The summed E-state index contributed by atoms with van der Waals surface area (Å²) in [4.78, 5) is 24.6. The molecule has 0 saturated heterocycles. The molecule has 0 aliphatic rings. The van der Waals surface area contributed by atoms with E-state index in [1.165, 1.54) is 6.07 Å². The van der Waals surface area contributed by atoms with Crippen LogP contribution in [0.1, 0.15) is 48.6 Å². The molecule has 0 aliphatic carbocycles. The molecule has 0 bridgehead atoms. The first-order chi connectivity index (χ1) is 9.49. The maximum atomic E-state index is 12.0. The van der Waals surface area contributed by atoms with Crippen LogP contribution in [-0.2, 0) is 6.54 Å². The highest BCUT2D eigenvalue weighted by Crippen LogP contribution is 2.14. The first kappa shape index (κ1) is 16.1. The molecule has 0 unspecified atom stereocenters. The Morgan fingerprint density at radius 2 is 1.90 bits per heavy atom. The van der Waals surface area contributed by atoms with Gasteiger partial charge in [0, 0.05) is 13.1 Å². The average Bonchev–Trinajstić information content (AvgIpc) is 2.77. The fourth-order valence-corrected chi connectivity index (χ4v) is 1.97. The van der Waals surface area contributed by atoms with Crippen molar-refractivity contribution in [2.75, 3.05) is 13.1 Å². The fraction of sp³-hybridized carbons (Fsp3) is 0.571. The summed E-state index contributed by atoms with van der Waals surface area (Å²) in [6.07, 6.45) is 1.80. The fourth-order valence-electron chi connectivity index (χ4n) is 1.97. The number of carbonyl (C=O) groups is 2. The van der Waals surface area contributed by atoms with Gasteiger partial charge in [-0.25, -0.2) is 9.59 Å². The highest BCUT2D eigenvalue weighted by atomic mass is 16.4. The van der Waals surface area contributed by atoms with Crippen LogP contribution in [-0.4, -0.2) is 35.1 Å². The van der Waals surface area contributed by atoms with Crippen LogP contribution in [0, 0.1) is 6.92 Å². The van der Waals surface area contributed by atoms with Crippen LogP contribution in [0.5, 0.6) is 0 Å². The molecule has 0 aromatic carbocycles. The zero-order chi connectivity index (χ0) is 15.1. The Labute approximate surface area is 118 Å². The molecule has 0 spiro atoms. The minimum Gasteiger partial charge on any atom is -0.478 e. The van der Waals surface area contributed by atoms with Crippen LogP contribution in [0.3, 0.4) is 0 Å². The second-order valence-corrected chi connectivity index (χ2v) is 4.63. The lowest BCUT2D eigenvalue weighted by Crippen LogP contribution is -2.40. The second-order valence-electron chi connectivity index (χ2n) is 4.63. The molecule has 1 heterocycles. The normalized spacial score (nSPS) is 10.3. The van der Waals surface area contributed by atoms with Crippen molar-refractivity contribution < 1.29 is 19.1 Å². The van der Waals surface area contributed by atoms with Crippen molar-refractivity contribution in [1.82, 2.24) is 10.2 Å². The molecule has 112 valence electrons. The van der Waals surface area contributed by atoms with E-state index in [-0.39, 0.29) is 18.1 Å². The number of urea groups is 1. The van der Waals surface area contributed by atoms with Crippen LogP contribution in [0.4, 0.5) is 4.79 Å². The number of carboxylic acids is 1. The van der Waals surface area contributed by atoms with E-state index in [0.717, 1.165) is 12.8 Å². The van der Waals surface area contributed by atoms with E-state index < -0.39 is 5.97 Å². The van der Waals surface area contributed by atoms with Crippen LogP contribution in [0.25, 0.3) is 0 Å². The summed E-state index contributed by atoms with van der Waals surface area (Å²) >= 11 is 0. The van der Waals surface area contributed by atoms with Gasteiger partial charge in [-0.05, 0) is 25.8 Å². The van der Waals surface area contributed by atoms with Gasteiger partial charge in [0.05, 0.1) is 6.54 Å². The molecule has 20 heavy (non-hydrogen) atoms. The van der Waals surface area contributed by atoms with Crippen LogP contribution in [0.2, 0.25) is 0 Å². The van der Waals surface area contributed by atoms with E-state index in [2.05, 4.69) is 5.32 Å². The lowest BCUT2D eigenvalue weighted by atomic mass is 10.2. The van der Waals surface area contributed by atoms with Gasteiger partial charge in [0.25, 0.3) is 0 Å². The largest absolute Gasteiger partial charge is 0.478 e. The predicted octanol–water partition coefficient (Wildman–Crippen LogP) is 2.62. The molecular weight excluding hydrogens is 260 g/mol. The van der Waals surface area contributed by atoms with Gasteiger partial charge >= 0.3 is 12.0 Å². The first-order valence-corrected chi connectivity index (χ1v) is 6.84. The number of hydrogen-bond acceptors (Lipinski definition) is 3. The van der Waals surface area contributed by atoms with E-state index in [1.807, 2.05) is 13.8 Å². The van der Waals surface area contributed by atoms with Gasteiger partial charge < -0.3 is 19.7 Å². The summed E-state index contributed by atoms with van der Waals surface area (Å²) in [5.41, 5.74) is 0.133. The molecular formula is C14H22N2O4. The molecule has 0 aliphatic heterocycles. The summed E-state index contributed by atoms with van der Waals surface area (Å²) in [5.74, 6) is -0.232. The van der Waals surface area contributed by atoms with E-state index >= 15 is 0 Å². The van der Waals surface area contributed by atoms with E-state index in [4.69, 9.17) is 9.52 Å². The molecule has 6 heteroatoms. The Hall–Kier alpha value is -1.98. The van der Waals surface area contributed by atoms with Crippen molar-refractivity contribution in [2.24, 2.45) is 0 Å². The van der Waals surface area contributed by atoms with Crippen LogP contribution < -0.4 is 5.32 Å². The number of aromatic carboxylic acids is 1. The van der Waals surface area contributed by atoms with Crippen molar-refractivity contribution in [3.8, 4) is 0 Å². The summed E-state index contributed by atoms with van der Waals surface area (Å²) in [5, 5.41) is 11.7. The average molecular weight is 282 g/mol. The van der Waals surface area contributed by atoms with Gasteiger partial charge in [-0.2, -0.15) is 0 Å². The Kier molecular flexibility index (Phi) is 6.09. The topological polar surface area (TPSA) is 82.8 Å². The third kappa shape index (κ3) is 4.29. The number of nitrogens with zero attached hydrogens (tertiary/aromatic N) is 1. The maximum Gasteiger partial charge on any atom is 0.339 e. The van der Waals surface area contributed by atoms with Crippen molar-refractivity contribution >= 4 is 12.0 Å². The molecule has 0 saturated carbocycles. The third-order valence-corrected chi connectivity index (χ3v) is 2.89. The number of carboxylic acid groups (broad SMARTS) is 1. The van der Waals surface area contributed by atoms with Crippen molar-refractivity contribution in [2.45, 2.75) is 40.2 Å². The Morgan fingerprint density at radius 3 is 2.35 bits per heavy atom. The van der Waals surface area contributed by atoms with Gasteiger partial charge in [-0.1, -0.05) is 13.8 Å². The van der Waals surface area contributed by atoms with Gasteiger partial charge in [0.15, 0.2) is 0 Å². The molecule has 0 atom stereocenters. The number of hydrogen-bond donors (Lipinski definition) is 2. The van der Waals surface area contributed by atoms with Crippen molar-refractivity contribution in [3.63, 3.8) is 0 Å². The Bertz CT molecular complexity index is 462. The standard InChI is InChI=1S/C14H22N2O4/c1-4-6-16(7-5-2)14(19)15-9-11-8-12(13(17)18)10(3)20-11/h8H,4-7,9H2,1-3H3,(H,15,19)(H,17,18). The molecule has 2 amide bonds. The van der Waals surface area contributed by atoms with Gasteiger partial charge in [-0.15, -0.1) is 0 Å². The number of amides is 2. The number of furan rings is 1. The van der Waals surface area contributed by atoms with Crippen LogP contribution in [0.15, 0.2) is 10.5 Å². The monoisotopic (exact) mass is 282 g/mol. The predicted molar refractivity (Wildman–Crippen MR) is 74.8 cm³/mol. The Morgan fingerprint density at radius 1 is 1.30 bits per heavy atom. The minimum atomic E-state index is -1.03. The second kappa shape index (κ2) is 7.57. The summed E-state index contributed by atoms with van der Waals surface area (Å²) in [7, 11) is 0. The highest BCUT2D eigenvalue weighted by molar-refractivity contribution is 5.88. The van der Waals surface area contributed by atoms with Gasteiger partial charge in [-0.3, -0.25) is 0 Å². The lowest BCUT2D eigenvalue weighted by molar-refractivity contribution is 0.0695. The van der Waals surface area contributed by atoms with E-state index in [1.54, 1.807) is 11.8 Å². The maximum absolute atomic E-state index is 12.0. The zero-order valence-electron chi connectivity index (χ0n) is 12.2. The van der Waals surface area contributed by atoms with Crippen molar-refractivity contribution in [1.29, 1.82) is 0 Å². The van der Waals surface area contributed by atoms with Crippen molar-refractivity contribution in [3.05, 3.63) is 23.2 Å². The smallest absolute Gasteiger partial charge is 0.339 e. The highest BCUT2D eigenvalue weighted by Gasteiger charge is 2.15. The SMILES string of the molecule is CCCN(CCC)C(=O)NCc1cc(C(=O)O)c(C)o1. The molecule has 0 radical (unpaired) electrons. The summed E-state index contributed by atoms with van der Waals surface area (Å²) < 4.78 is 5.31. The lowest BCUT2D eigenvalue weighted by Gasteiger charge is -2.21. The Balaban J connectivity index is 2.59. The summed E-state index contributed by atoms with van der Waals surface area (Å²) in [6.45, 7) is 7.23. The van der Waals surface area contributed by atoms with Crippen LogP contribution >= 0.6 is 0 Å². The number of rotatable bonds is 7. The number of aryl methyl sites for hydroxylation is 1. The minimum absolute atomic E-state index is 0.133. The van der Waals surface area contributed by atoms with E-state index in [0.29, 0.717) is 24.6 Å². The third-order valence-electron chi connectivity index (χ3n) is 2.89. The molecule has 1 rings (SSSR count). The molecule has 1 aromatic rings. The van der Waals surface area contributed by atoms with E-state index in [9.17, 15) is 9.59 Å². The quantitative estimate of drug-likeness (QED) is 0.805. The molecule has 2 N–H and O–H groups in total. The zero-order valence-corrected chi connectivity index (χ0v) is 12.2. The number of carbonyl (C=O) groups excluding carboxylic acids is 1. The number of nitrogens with one attached hydrogen (secondary N) is 1. The summed E-state index contributed by atoms with van der Waals surface area (Å²) in [6, 6.07) is 1.29.